The van der Waals surface area contributed by atoms with Crippen LogP contribution in [0.25, 0.3) is 0 Å². The number of nitrogens with one attached hydrogen (secondary N) is 1. The topological polar surface area (TPSA) is 38.0 Å². The number of hydrogen-bond donors (Lipinski definition) is 2. The van der Waals surface area contributed by atoms with Crippen LogP contribution in [0.15, 0.2) is 0 Å². The fraction of sp³-hybridized carbons (Fsp3) is 1.00. The van der Waals surface area contributed by atoms with E-state index in [-0.39, 0.29) is 0 Å². The fourth-order valence-electron chi connectivity index (χ4n) is 0.534. The van der Waals surface area contributed by atoms with Gasteiger partial charge in [-0.3, -0.25) is 0 Å². The van der Waals surface area contributed by atoms with Crippen molar-refractivity contribution >= 4 is 0 Å². The maximum Gasteiger partial charge on any atom is 0.00482 e. The van der Waals surface area contributed by atoms with Crippen molar-refractivity contribution in [3.63, 3.8) is 0 Å². The van der Waals surface area contributed by atoms with Crippen LogP contribution in [0.1, 0.15) is 19.8 Å². The lowest BCUT2D eigenvalue weighted by Gasteiger charge is -2.05. The highest BCUT2D eigenvalue weighted by molar-refractivity contribution is 4.58. The molecule has 0 saturated heterocycles. The van der Waals surface area contributed by atoms with Gasteiger partial charge in [-0.25, -0.2) is 0 Å². The molecule has 50 valence electrons. The third-order valence-corrected chi connectivity index (χ3v) is 1.29. The van der Waals surface area contributed by atoms with Gasteiger partial charge in [0.25, 0.3) is 0 Å². The average Bonchev–Trinajstić information content (AvgIpc) is 1.83. The van der Waals surface area contributed by atoms with Crippen LogP contribution in [0.2, 0.25) is 0 Å². The second-order valence-corrected chi connectivity index (χ2v) is 2.06. The van der Waals surface area contributed by atoms with Crippen molar-refractivity contribution in [2.24, 2.45) is 5.73 Å². The maximum absolute atomic E-state index is 5.62. The van der Waals surface area contributed by atoms with Crippen LogP contribution in [-0.4, -0.2) is 19.6 Å². The Morgan fingerprint density at radius 2 is 2.25 bits per heavy atom. The Hall–Kier alpha value is -0.0800. The van der Waals surface area contributed by atoms with Gasteiger partial charge in [-0.05, 0) is 26.4 Å². The molecule has 0 aromatic carbocycles. The summed E-state index contributed by atoms with van der Waals surface area (Å²) in [4.78, 5) is 0. The standard InChI is InChI=1S/C6H16N2/c1-3-6(7)4-5-8-2/h6,8H,3-5,7H2,1-2H3/t6-/m0/s1. The van der Waals surface area contributed by atoms with Crippen molar-refractivity contribution in [2.75, 3.05) is 13.6 Å². The summed E-state index contributed by atoms with van der Waals surface area (Å²) in [7, 11) is 1.95. The molecule has 0 aromatic rings. The first-order valence-corrected chi connectivity index (χ1v) is 3.21. The minimum atomic E-state index is 0.391. The highest BCUT2D eigenvalue weighted by atomic mass is 14.8. The SMILES string of the molecule is CC[C@H](N)CCNC. The molecule has 0 aromatic heterocycles. The van der Waals surface area contributed by atoms with Crippen molar-refractivity contribution in [2.45, 2.75) is 25.8 Å². The molecule has 0 aliphatic carbocycles. The zero-order valence-electron chi connectivity index (χ0n) is 5.78. The van der Waals surface area contributed by atoms with E-state index in [2.05, 4.69) is 12.2 Å². The highest BCUT2D eigenvalue weighted by Gasteiger charge is 1.94. The molecule has 0 fully saturated rings. The van der Waals surface area contributed by atoms with Gasteiger partial charge < -0.3 is 11.1 Å². The number of rotatable bonds is 4. The van der Waals surface area contributed by atoms with Gasteiger partial charge in [0.15, 0.2) is 0 Å². The van der Waals surface area contributed by atoms with Gasteiger partial charge >= 0.3 is 0 Å². The van der Waals surface area contributed by atoms with E-state index in [1.54, 1.807) is 0 Å². The van der Waals surface area contributed by atoms with Gasteiger partial charge in [0.1, 0.15) is 0 Å². The summed E-state index contributed by atoms with van der Waals surface area (Å²) >= 11 is 0. The van der Waals surface area contributed by atoms with E-state index in [9.17, 15) is 0 Å². The largest absolute Gasteiger partial charge is 0.328 e. The molecule has 0 aliphatic heterocycles. The Bertz CT molecular complexity index is 45.8. The monoisotopic (exact) mass is 116 g/mol. The molecule has 0 saturated carbocycles. The Kier molecular flexibility index (Phi) is 5.01. The van der Waals surface area contributed by atoms with E-state index in [1.807, 2.05) is 7.05 Å². The van der Waals surface area contributed by atoms with Crippen LogP contribution in [0, 0.1) is 0 Å². The summed E-state index contributed by atoms with van der Waals surface area (Å²) in [6.45, 7) is 3.15. The van der Waals surface area contributed by atoms with Crippen LogP contribution < -0.4 is 11.1 Å². The molecule has 0 unspecified atom stereocenters. The molecule has 0 bridgehead atoms. The molecule has 0 heterocycles. The van der Waals surface area contributed by atoms with Gasteiger partial charge in [-0.2, -0.15) is 0 Å². The third kappa shape index (κ3) is 4.09. The maximum atomic E-state index is 5.62. The van der Waals surface area contributed by atoms with Crippen LogP contribution in [0.3, 0.4) is 0 Å². The normalized spacial score (nSPS) is 13.9. The van der Waals surface area contributed by atoms with Crippen molar-refractivity contribution < 1.29 is 0 Å². The third-order valence-electron chi connectivity index (χ3n) is 1.29. The molecule has 1 atom stereocenters. The van der Waals surface area contributed by atoms with Crippen LogP contribution in [0.5, 0.6) is 0 Å². The van der Waals surface area contributed by atoms with E-state index in [0.717, 1.165) is 19.4 Å². The van der Waals surface area contributed by atoms with E-state index in [1.165, 1.54) is 0 Å². The zero-order chi connectivity index (χ0) is 6.41. The van der Waals surface area contributed by atoms with E-state index >= 15 is 0 Å². The molecule has 8 heavy (non-hydrogen) atoms. The molecule has 0 spiro atoms. The van der Waals surface area contributed by atoms with Gasteiger partial charge in [0.05, 0.1) is 0 Å². The Morgan fingerprint density at radius 1 is 1.62 bits per heavy atom. The summed E-state index contributed by atoms with van der Waals surface area (Å²) in [6, 6.07) is 0.391. The Labute approximate surface area is 51.5 Å². The first-order chi connectivity index (χ1) is 3.81. The molecule has 2 heteroatoms. The van der Waals surface area contributed by atoms with Crippen LogP contribution >= 0.6 is 0 Å². The molecule has 2 nitrogen and oxygen atoms in total. The fourth-order valence-corrected chi connectivity index (χ4v) is 0.534. The summed E-state index contributed by atoms with van der Waals surface area (Å²) in [5.74, 6) is 0. The minimum Gasteiger partial charge on any atom is -0.328 e. The van der Waals surface area contributed by atoms with Crippen molar-refractivity contribution in [1.29, 1.82) is 0 Å². The van der Waals surface area contributed by atoms with E-state index in [0.29, 0.717) is 6.04 Å². The first-order valence-electron chi connectivity index (χ1n) is 3.21. The van der Waals surface area contributed by atoms with Crippen LogP contribution in [0.4, 0.5) is 0 Å². The molecule has 0 aliphatic rings. The van der Waals surface area contributed by atoms with Crippen molar-refractivity contribution in [3.8, 4) is 0 Å². The molecular formula is C6H16N2. The summed E-state index contributed by atoms with van der Waals surface area (Å²) in [5.41, 5.74) is 5.62. The minimum absolute atomic E-state index is 0.391. The number of nitrogens with two attached hydrogens (primary N) is 1. The van der Waals surface area contributed by atoms with Gasteiger partial charge in [-0.15, -0.1) is 0 Å². The van der Waals surface area contributed by atoms with Gasteiger partial charge in [0, 0.05) is 6.04 Å². The Balaban J connectivity index is 2.86. The Morgan fingerprint density at radius 3 is 2.62 bits per heavy atom. The van der Waals surface area contributed by atoms with Crippen molar-refractivity contribution in [1.82, 2.24) is 5.32 Å². The lowest BCUT2D eigenvalue weighted by atomic mass is 10.2. The summed E-state index contributed by atoms with van der Waals surface area (Å²) in [6.07, 6.45) is 2.18. The lowest BCUT2D eigenvalue weighted by molar-refractivity contribution is 0.573. The van der Waals surface area contributed by atoms with Crippen molar-refractivity contribution in [3.05, 3.63) is 0 Å². The van der Waals surface area contributed by atoms with Gasteiger partial charge in [0.2, 0.25) is 0 Å². The smallest absolute Gasteiger partial charge is 0.00482 e. The van der Waals surface area contributed by atoms with E-state index in [4.69, 9.17) is 5.73 Å². The highest BCUT2D eigenvalue weighted by Crippen LogP contribution is 1.89. The second kappa shape index (κ2) is 5.06. The predicted octanol–water partition coefficient (Wildman–Crippen LogP) is 0.333. The summed E-state index contributed by atoms with van der Waals surface area (Å²) in [5, 5.41) is 3.05. The molecule has 0 radical (unpaired) electrons. The predicted molar refractivity (Wildman–Crippen MR) is 36.8 cm³/mol. The summed E-state index contributed by atoms with van der Waals surface area (Å²) < 4.78 is 0. The first kappa shape index (κ1) is 7.92. The second-order valence-electron chi connectivity index (χ2n) is 2.06. The van der Waals surface area contributed by atoms with E-state index < -0.39 is 0 Å². The van der Waals surface area contributed by atoms with Gasteiger partial charge in [-0.1, -0.05) is 6.92 Å². The lowest BCUT2D eigenvalue weighted by Crippen LogP contribution is -2.23. The molecule has 0 rings (SSSR count). The quantitative estimate of drug-likeness (QED) is 0.555. The van der Waals surface area contributed by atoms with Crippen LogP contribution in [-0.2, 0) is 0 Å². The average molecular weight is 116 g/mol. The molecule has 3 N–H and O–H groups in total. The molecule has 0 amide bonds. The number of hydrogen-bond acceptors (Lipinski definition) is 2. The molecular weight excluding hydrogens is 100 g/mol. The zero-order valence-corrected chi connectivity index (χ0v) is 5.78.